The lowest BCUT2D eigenvalue weighted by Crippen LogP contribution is -2.76. The summed E-state index contributed by atoms with van der Waals surface area (Å²) in [5, 5.41) is 0. The molecule has 11 nitrogen and oxygen atoms in total. The molecule has 1 aliphatic rings. The van der Waals surface area contributed by atoms with Gasteiger partial charge in [-0.15, -0.1) is 0 Å². The summed E-state index contributed by atoms with van der Waals surface area (Å²) in [5.41, 5.74) is 0.491. The van der Waals surface area contributed by atoms with Crippen molar-refractivity contribution in [3.63, 3.8) is 0 Å². The number of carbonyl (C=O) groups excluding carboxylic acids is 4. The Kier molecular flexibility index (Phi) is 12.6. The largest absolute Gasteiger partial charge is 0.456 e. The molecule has 6 atom stereocenters. The SMILES string of the molecule is CC(=O)O[C@H]1[C@H](OCc2ccccc2)[C@@H](OC(C)=O)[C@](COCc2ccccc2)(OCc2ccccc2)[C@@H](OC(C)=O)[C@H]1OC(C)=O. The van der Waals surface area contributed by atoms with Gasteiger partial charge in [-0.25, -0.2) is 0 Å². The summed E-state index contributed by atoms with van der Waals surface area (Å²) < 4.78 is 42.7. The first-order valence-electron chi connectivity index (χ1n) is 15.2. The molecular formula is C36H40O11. The second-order valence-electron chi connectivity index (χ2n) is 11.2. The molecule has 0 aliphatic heterocycles. The van der Waals surface area contributed by atoms with Gasteiger partial charge >= 0.3 is 23.9 Å². The second-order valence-corrected chi connectivity index (χ2v) is 11.2. The maximum absolute atomic E-state index is 12.8. The van der Waals surface area contributed by atoms with Crippen molar-refractivity contribution in [3.8, 4) is 0 Å². The molecule has 4 rings (SSSR count). The number of hydrogen-bond acceptors (Lipinski definition) is 11. The zero-order valence-electron chi connectivity index (χ0n) is 26.9. The van der Waals surface area contributed by atoms with E-state index in [1.807, 2.05) is 91.0 Å². The molecule has 47 heavy (non-hydrogen) atoms. The third-order valence-corrected chi connectivity index (χ3v) is 7.47. The van der Waals surface area contributed by atoms with Crippen LogP contribution < -0.4 is 0 Å². The van der Waals surface area contributed by atoms with Crippen LogP contribution in [0.5, 0.6) is 0 Å². The second kappa shape index (κ2) is 16.8. The molecule has 3 aromatic rings. The highest BCUT2D eigenvalue weighted by molar-refractivity contribution is 5.69. The van der Waals surface area contributed by atoms with Gasteiger partial charge < -0.3 is 33.2 Å². The molecule has 1 aliphatic carbocycles. The van der Waals surface area contributed by atoms with Gasteiger partial charge in [0.1, 0.15) is 6.10 Å². The van der Waals surface area contributed by atoms with E-state index >= 15 is 0 Å². The Morgan fingerprint density at radius 3 is 1.38 bits per heavy atom. The summed E-state index contributed by atoms with van der Waals surface area (Å²) in [5.74, 6) is -2.95. The van der Waals surface area contributed by atoms with Crippen LogP contribution in [0, 0.1) is 0 Å². The van der Waals surface area contributed by atoms with E-state index in [-0.39, 0.29) is 26.4 Å². The Balaban J connectivity index is 1.90. The van der Waals surface area contributed by atoms with Gasteiger partial charge in [-0.3, -0.25) is 19.2 Å². The van der Waals surface area contributed by atoms with Gasteiger partial charge in [-0.2, -0.15) is 0 Å². The summed E-state index contributed by atoms with van der Waals surface area (Å²) >= 11 is 0. The third kappa shape index (κ3) is 9.71. The lowest BCUT2D eigenvalue weighted by atomic mass is 9.74. The van der Waals surface area contributed by atoms with Crippen LogP contribution in [0.1, 0.15) is 44.4 Å². The Labute approximate surface area is 274 Å². The summed E-state index contributed by atoms with van der Waals surface area (Å²) in [6.07, 6.45) is -7.02. The third-order valence-electron chi connectivity index (χ3n) is 7.47. The zero-order valence-corrected chi connectivity index (χ0v) is 26.9. The molecule has 0 unspecified atom stereocenters. The minimum absolute atomic E-state index is 0.00824. The van der Waals surface area contributed by atoms with Crippen molar-refractivity contribution in [2.24, 2.45) is 0 Å². The van der Waals surface area contributed by atoms with Crippen molar-refractivity contribution in [1.82, 2.24) is 0 Å². The molecular weight excluding hydrogens is 608 g/mol. The molecule has 0 spiro atoms. The van der Waals surface area contributed by atoms with E-state index in [2.05, 4.69) is 0 Å². The van der Waals surface area contributed by atoms with E-state index in [0.717, 1.165) is 16.7 Å². The predicted molar refractivity (Wildman–Crippen MR) is 167 cm³/mol. The Bertz CT molecular complexity index is 1460. The predicted octanol–water partition coefficient (Wildman–Crippen LogP) is 4.48. The number of benzene rings is 3. The maximum Gasteiger partial charge on any atom is 0.303 e. The molecule has 11 heteroatoms. The van der Waals surface area contributed by atoms with E-state index in [4.69, 9.17) is 33.2 Å². The van der Waals surface area contributed by atoms with Crippen molar-refractivity contribution in [3.05, 3.63) is 108 Å². The van der Waals surface area contributed by atoms with E-state index in [9.17, 15) is 19.2 Å². The quantitative estimate of drug-likeness (QED) is 0.181. The van der Waals surface area contributed by atoms with E-state index in [1.54, 1.807) is 0 Å². The monoisotopic (exact) mass is 648 g/mol. The van der Waals surface area contributed by atoms with Crippen LogP contribution >= 0.6 is 0 Å². The smallest absolute Gasteiger partial charge is 0.303 e. The van der Waals surface area contributed by atoms with Crippen LogP contribution in [0.4, 0.5) is 0 Å². The van der Waals surface area contributed by atoms with Crippen LogP contribution in [0.2, 0.25) is 0 Å². The van der Waals surface area contributed by atoms with Crippen molar-refractivity contribution in [2.75, 3.05) is 6.61 Å². The number of esters is 4. The number of rotatable bonds is 14. The van der Waals surface area contributed by atoms with Crippen LogP contribution in [0.15, 0.2) is 91.0 Å². The Morgan fingerprint density at radius 1 is 0.511 bits per heavy atom. The van der Waals surface area contributed by atoms with Crippen molar-refractivity contribution in [2.45, 2.75) is 83.6 Å². The summed E-state index contributed by atoms with van der Waals surface area (Å²) in [6, 6.07) is 27.7. The molecule has 1 fully saturated rings. The highest BCUT2D eigenvalue weighted by atomic mass is 16.7. The number of carbonyl (C=O) groups is 4. The maximum atomic E-state index is 12.8. The topological polar surface area (TPSA) is 133 Å². The van der Waals surface area contributed by atoms with Gasteiger partial charge in [0.2, 0.25) is 0 Å². The molecule has 0 saturated heterocycles. The van der Waals surface area contributed by atoms with Crippen molar-refractivity contribution < 1.29 is 52.3 Å². The normalized spacial score (nSPS) is 23.7. The summed E-state index contributed by atoms with van der Waals surface area (Å²) in [6.45, 7) is 4.47. The molecule has 0 radical (unpaired) electrons. The highest BCUT2D eigenvalue weighted by Gasteiger charge is 2.67. The van der Waals surface area contributed by atoms with E-state index in [0.29, 0.717) is 0 Å². The first-order chi connectivity index (χ1) is 22.6. The van der Waals surface area contributed by atoms with E-state index in [1.165, 1.54) is 27.7 Å². The van der Waals surface area contributed by atoms with Crippen LogP contribution in [-0.2, 0) is 72.2 Å². The first-order valence-corrected chi connectivity index (χ1v) is 15.2. The average Bonchev–Trinajstić information content (AvgIpc) is 3.04. The van der Waals surface area contributed by atoms with Crippen LogP contribution in [0.3, 0.4) is 0 Å². The van der Waals surface area contributed by atoms with Crippen LogP contribution in [0.25, 0.3) is 0 Å². The number of hydrogen-bond donors (Lipinski definition) is 0. The Hall–Kier alpha value is -4.58. The summed E-state index contributed by atoms with van der Waals surface area (Å²) in [7, 11) is 0. The fourth-order valence-corrected chi connectivity index (χ4v) is 5.60. The minimum atomic E-state index is -1.85. The molecule has 0 aromatic heterocycles. The number of ether oxygens (including phenoxy) is 7. The molecule has 0 heterocycles. The molecule has 1 saturated carbocycles. The summed E-state index contributed by atoms with van der Waals surface area (Å²) in [4.78, 5) is 50.7. The van der Waals surface area contributed by atoms with Crippen LogP contribution in [-0.4, -0.2) is 66.6 Å². The van der Waals surface area contributed by atoms with Crippen molar-refractivity contribution in [1.29, 1.82) is 0 Å². The lowest BCUT2D eigenvalue weighted by Gasteiger charge is -2.54. The average molecular weight is 649 g/mol. The van der Waals surface area contributed by atoms with Gasteiger partial charge in [-0.05, 0) is 16.7 Å². The van der Waals surface area contributed by atoms with Gasteiger partial charge in [0.25, 0.3) is 0 Å². The lowest BCUT2D eigenvalue weighted by molar-refractivity contribution is -0.314. The molecule has 0 amide bonds. The zero-order chi connectivity index (χ0) is 33.8. The fourth-order valence-electron chi connectivity index (χ4n) is 5.60. The standard InChI is InChI=1S/C36H40O11/c1-24(37)44-31-32(42-21-29-16-10-6-11-17-29)34(46-26(3)39)36(43-22-30-18-12-7-13-19-30,23-41-20-28-14-8-5-9-15-28)35(47-27(4)40)33(31)45-25(2)38/h5-19,31-35H,20-23H2,1-4H3/t31-,32-,33-,34+,35-,36-/m0/s1. The molecule has 0 N–H and O–H groups in total. The van der Waals surface area contributed by atoms with Crippen molar-refractivity contribution >= 4 is 23.9 Å². The van der Waals surface area contributed by atoms with E-state index < -0.39 is 60.0 Å². The first kappa shape index (κ1) is 35.3. The molecule has 250 valence electrons. The minimum Gasteiger partial charge on any atom is -0.456 e. The van der Waals surface area contributed by atoms with Gasteiger partial charge in [0.05, 0.1) is 26.4 Å². The fraction of sp³-hybridized carbons (Fsp3) is 0.389. The highest BCUT2D eigenvalue weighted by Crippen LogP contribution is 2.42. The molecule has 3 aromatic carbocycles. The van der Waals surface area contributed by atoms with Gasteiger partial charge in [-0.1, -0.05) is 91.0 Å². The van der Waals surface area contributed by atoms with Gasteiger partial charge in [0.15, 0.2) is 30.0 Å². The Morgan fingerprint density at radius 2 is 0.915 bits per heavy atom. The van der Waals surface area contributed by atoms with Gasteiger partial charge in [0, 0.05) is 27.7 Å². The molecule has 0 bridgehead atoms.